The lowest BCUT2D eigenvalue weighted by atomic mass is 10.2. The Bertz CT molecular complexity index is 667. The van der Waals surface area contributed by atoms with E-state index < -0.39 is 10.9 Å². The number of rotatable bonds is 4. The number of non-ortho nitro benzene ring substituents is 1. The third kappa shape index (κ3) is 3.16. The first-order chi connectivity index (χ1) is 9.47. The molecule has 2 aromatic carbocycles. The third-order valence-corrected chi connectivity index (χ3v) is 3.73. The van der Waals surface area contributed by atoms with Crippen LogP contribution >= 0.6 is 11.8 Å². The Balaban J connectivity index is 2.38. The van der Waals surface area contributed by atoms with Crippen LogP contribution in [0.1, 0.15) is 15.9 Å². The van der Waals surface area contributed by atoms with Crippen LogP contribution < -0.4 is 5.11 Å². The second-order valence-corrected chi connectivity index (χ2v) is 5.26. The Hall–Kier alpha value is -2.34. The van der Waals surface area contributed by atoms with Crippen molar-refractivity contribution in [3.05, 3.63) is 63.7 Å². The predicted molar refractivity (Wildman–Crippen MR) is 72.7 cm³/mol. The number of nitrogens with zero attached hydrogens (tertiary/aromatic N) is 1. The zero-order chi connectivity index (χ0) is 14.7. The minimum atomic E-state index is -1.43. The van der Waals surface area contributed by atoms with Gasteiger partial charge in [-0.25, -0.2) is 0 Å². The Morgan fingerprint density at radius 3 is 2.35 bits per heavy atom. The maximum atomic E-state index is 11.1. The van der Waals surface area contributed by atoms with Gasteiger partial charge < -0.3 is 9.90 Å². The lowest BCUT2D eigenvalue weighted by Crippen LogP contribution is -2.23. The fourth-order valence-electron chi connectivity index (χ4n) is 1.61. The number of aromatic carboxylic acids is 1. The van der Waals surface area contributed by atoms with Crippen molar-refractivity contribution < 1.29 is 14.8 Å². The molecule has 5 nitrogen and oxygen atoms in total. The van der Waals surface area contributed by atoms with E-state index in [0.717, 1.165) is 16.5 Å². The number of nitro benzene ring substituents is 1. The summed E-state index contributed by atoms with van der Waals surface area (Å²) in [6, 6.07) is 11.3. The van der Waals surface area contributed by atoms with Gasteiger partial charge in [0.05, 0.1) is 10.9 Å². The van der Waals surface area contributed by atoms with Gasteiger partial charge in [0.1, 0.15) is 0 Å². The van der Waals surface area contributed by atoms with E-state index in [1.54, 1.807) is 0 Å². The molecule has 0 bridgehead atoms. The van der Waals surface area contributed by atoms with Gasteiger partial charge in [-0.3, -0.25) is 10.1 Å². The molecule has 102 valence electrons. The Labute approximate surface area is 119 Å². The predicted octanol–water partition coefficient (Wildman–Crippen LogP) is 2.42. The largest absolute Gasteiger partial charge is 0.545 e. The smallest absolute Gasteiger partial charge is 0.270 e. The molecule has 0 amide bonds. The summed E-state index contributed by atoms with van der Waals surface area (Å²) in [4.78, 5) is 22.4. The van der Waals surface area contributed by atoms with Crippen molar-refractivity contribution in [1.82, 2.24) is 0 Å². The fraction of sp³-hybridized carbons (Fsp3) is 0.0714. The van der Waals surface area contributed by atoms with Crippen LogP contribution in [0.3, 0.4) is 0 Å². The number of carboxylic acid groups (broad SMARTS) is 1. The van der Waals surface area contributed by atoms with E-state index in [-0.39, 0.29) is 11.3 Å². The van der Waals surface area contributed by atoms with Gasteiger partial charge >= 0.3 is 0 Å². The van der Waals surface area contributed by atoms with E-state index in [4.69, 9.17) is 0 Å². The average Bonchev–Trinajstić information content (AvgIpc) is 2.41. The van der Waals surface area contributed by atoms with E-state index >= 15 is 0 Å². The standard InChI is InChI=1S/C14H11NO4S/c1-9-2-5-11(6-3-9)20-13-7-4-10(15(18)19)8-12(13)14(16)17/h2-8H,1H3,(H,16,17)/p-1. The summed E-state index contributed by atoms with van der Waals surface area (Å²) in [5.41, 5.74) is 0.653. The summed E-state index contributed by atoms with van der Waals surface area (Å²) in [7, 11) is 0. The Morgan fingerprint density at radius 1 is 1.15 bits per heavy atom. The summed E-state index contributed by atoms with van der Waals surface area (Å²) < 4.78 is 0. The molecule has 0 fully saturated rings. The average molecular weight is 288 g/mol. The SMILES string of the molecule is Cc1ccc(Sc2ccc([N+](=O)[O-])cc2C(=O)[O-])cc1. The Kier molecular flexibility index (Phi) is 4.05. The van der Waals surface area contributed by atoms with Crippen LogP contribution in [-0.2, 0) is 0 Å². The van der Waals surface area contributed by atoms with Crippen molar-refractivity contribution in [2.24, 2.45) is 0 Å². The van der Waals surface area contributed by atoms with Gasteiger partial charge in [0, 0.05) is 27.5 Å². The van der Waals surface area contributed by atoms with Crippen LogP contribution in [0.15, 0.2) is 52.3 Å². The second-order valence-electron chi connectivity index (χ2n) is 4.14. The monoisotopic (exact) mass is 288 g/mol. The highest BCUT2D eigenvalue weighted by Crippen LogP contribution is 2.32. The maximum absolute atomic E-state index is 11.1. The van der Waals surface area contributed by atoms with Crippen LogP contribution in [0.5, 0.6) is 0 Å². The van der Waals surface area contributed by atoms with E-state index in [0.29, 0.717) is 4.90 Å². The molecule has 20 heavy (non-hydrogen) atoms. The number of hydrogen-bond donors (Lipinski definition) is 0. The van der Waals surface area contributed by atoms with E-state index in [9.17, 15) is 20.0 Å². The number of carboxylic acids is 1. The van der Waals surface area contributed by atoms with Crippen molar-refractivity contribution in [2.75, 3.05) is 0 Å². The molecule has 0 aromatic heterocycles. The summed E-state index contributed by atoms with van der Waals surface area (Å²) in [6.07, 6.45) is 0. The minimum Gasteiger partial charge on any atom is -0.545 e. The van der Waals surface area contributed by atoms with E-state index in [1.165, 1.54) is 23.9 Å². The van der Waals surface area contributed by atoms with Crippen molar-refractivity contribution in [3.63, 3.8) is 0 Å². The molecule has 0 saturated carbocycles. The molecule has 0 N–H and O–H groups in total. The molecule has 0 aliphatic heterocycles. The van der Waals surface area contributed by atoms with Crippen LogP contribution in [-0.4, -0.2) is 10.9 Å². The highest BCUT2D eigenvalue weighted by Gasteiger charge is 2.12. The van der Waals surface area contributed by atoms with Crippen LogP contribution in [0.2, 0.25) is 0 Å². The van der Waals surface area contributed by atoms with Crippen molar-refractivity contribution >= 4 is 23.4 Å². The number of carbonyl (C=O) groups excluding carboxylic acids is 1. The van der Waals surface area contributed by atoms with Gasteiger partial charge in [-0.15, -0.1) is 0 Å². The van der Waals surface area contributed by atoms with Crippen molar-refractivity contribution in [3.8, 4) is 0 Å². The van der Waals surface area contributed by atoms with E-state index in [2.05, 4.69) is 0 Å². The van der Waals surface area contributed by atoms with Gasteiger partial charge in [-0.05, 0) is 25.1 Å². The molecule has 0 spiro atoms. The third-order valence-electron chi connectivity index (χ3n) is 2.64. The summed E-state index contributed by atoms with van der Waals surface area (Å²) in [5, 5.41) is 21.8. The minimum absolute atomic E-state index is 0.176. The van der Waals surface area contributed by atoms with Gasteiger partial charge in [-0.1, -0.05) is 29.5 Å². The first-order valence-electron chi connectivity index (χ1n) is 5.71. The summed E-state index contributed by atoms with van der Waals surface area (Å²) in [6.45, 7) is 1.95. The van der Waals surface area contributed by atoms with Crippen LogP contribution in [0.25, 0.3) is 0 Å². The number of aryl methyl sites for hydroxylation is 1. The molecule has 2 rings (SSSR count). The quantitative estimate of drug-likeness (QED) is 0.637. The first-order valence-corrected chi connectivity index (χ1v) is 6.53. The Morgan fingerprint density at radius 2 is 1.80 bits per heavy atom. The van der Waals surface area contributed by atoms with Crippen molar-refractivity contribution in [1.29, 1.82) is 0 Å². The molecule has 2 aromatic rings. The molecular weight excluding hydrogens is 278 g/mol. The van der Waals surface area contributed by atoms with Crippen LogP contribution in [0, 0.1) is 17.0 Å². The molecule has 0 saturated heterocycles. The maximum Gasteiger partial charge on any atom is 0.270 e. The van der Waals surface area contributed by atoms with Crippen LogP contribution in [0.4, 0.5) is 5.69 Å². The van der Waals surface area contributed by atoms with Crippen molar-refractivity contribution in [2.45, 2.75) is 16.7 Å². The second kappa shape index (κ2) is 5.75. The topological polar surface area (TPSA) is 83.3 Å². The van der Waals surface area contributed by atoms with Gasteiger partial charge in [0.2, 0.25) is 0 Å². The summed E-state index contributed by atoms with van der Waals surface area (Å²) in [5.74, 6) is -1.43. The highest BCUT2D eigenvalue weighted by molar-refractivity contribution is 7.99. The molecule has 0 unspecified atom stereocenters. The lowest BCUT2D eigenvalue weighted by molar-refractivity contribution is -0.385. The summed E-state index contributed by atoms with van der Waals surface area (Å²) >= 11 is 1.23. The molecule has 0 heterocycles. The fourth-order valence-corrected chi connectivity index (χ4v) is 2.53. The van der Waals surface area contributed by atoms with Gasteiger partial charge in [0.15, 0.2) is 0 Å². The van der Waals surface area contributed by atoms with Gasteiger partial charge in [0.25, 0.3) is 5.69 Å². The molecule has 0 aliphatic rings. The van der Waals surface area contributed by atoms with Gasteiger partial charge in [-0.2, -0.15) is 0 Å². The zero-order valence-corrected chi connectivity index (χ0v) is 11.3. The number of hydrogen-bond acceptors (Lipinski definition) is 5. The molecule has 0 atom stereocenters. The molecule has 0 aliphatic carbocycles. The molecule has 0 radical (unpaired) electrons. The molecule has 6 heteroatoms. The normalized spacial score (nSPS) is 10.2. The molecular formula is C14H10NO4S-. The van der Waals surface area contributed by atoms with E-state index in [1.807, 2.05) is 31.2 Å². The lowest BCUT2D eigenvalue weighted by Gasteiger charge is -2.10. The number of benzene rings is 2. The highest BCUT2D eigenvalue weighted by atomic mass is 32.2. The number of nitro groups is 1. The first kappa shape index (κ1) is 14.1. The number of carbonyl (C=O) groups is 1. The zero-order valence-electron chi connectivity index (χ0n) is 10.5.